The molecule has 0 aliphatic carbocycles. The van der Waals surface area contributed by atoms with Gasteiger partial charge in [-0.2, -0.15) is 0 Å². The minimum Gasteiger partial charge on any atom is -0.379 e. The molecule has 0 radical (unpaired) electrons. The number of ether oxygens (including phenoxy) is 4. The largest absolute Gasteiger partial charge is 0.379 e. The van der Waals surface area contributed by atoms with E-state index < -0.39 is 0 Å². The minimum absolute atomic E-state index is 0.626. The Morgan fingerprint density at radius 3 is 1.16 bits per heavy atom. The zero-order chi connectivity index (χ0) is 27.2. The van der Waals surface area contributed by atoms with E-state index in [1.54, 1.807) is 0 Å². The molecule has 1 aliphatic rings. The lowest BCUT2D eigenvalue weighted by atomic mass is 10.2. The van der Waals surface area contributed by atoms with Gasteiger partial charge in [-0.05, 0) is 105 Å². The van der Waals surface area contributed by atoms with E-state index in [1.807, 2.05) is 14.1 Å². The highest BCUT2D eigenvalue weighted by Gasteiger charge is 2.08. The molecule has 1 saturated heterocycles. The van der Waals surface area contributed by atoms with Crippen LogP contribution in [-0.2, 0) is 18.9 Å². The van der Waals surface area contributed by atoms with Crippen molar-refractivity contribution in [3.63, 3.8) is 0 Å². The summed E-state index contributed by atoms with van der Waals surface area (Å²) >= 11 is 0. The van der Waals surface area contributed by atoms with Crippen LogP contribution in [0.15, 0.2) is 0 Å². The summed E-state index contributed by atoms with van der Waals surface area (Å²) in [4.78, 5) is 4.97. The lowest BCUT2D eigenvalue weighted by Crippen LogP contribution is -2.35. The highest BCUT2D eigenvalue weighted by molar-refractivity contribution is 4.62. The monoisotopic (exact) mass is 546 g/mol. The van der Waals surface area contributed by atoms with E-state index in [0.717, 1.165) is 105 Å². The Morgan fingerprint density at radius 1 is 0.421 bits per heavy atom. The van der Waals surface area contributed by atoms with Crippen molar-refractivity contribution in [2.24, 2.45) is 0 Å². The van der Waals surface area contributed by atoms with Crippen LogP contribution in [0.1, 0.15) is 38.5 Å². The molecule has 0 saturated carbocycles. The van der Waals surface area contributed by atoms with Gasteiger partial charge in [0.25, 0.3) is 0 Å². The molecule has 0 aromatic carbocycles. The third-order valence-electron chi connectivity index (χ3n) is 6.67. The predicted octanol–water partition coefficient (Wildman–Crippen LogP) is 0.629. The van der Waals surface area contributed by atoms with Crippen LogP contribution in [0, 0.1) is 0 Å². The Labute approximate surface area is 234 Å². The summed E-state index contributed by atoms with van der Waals surface area (Å²) in [6, 6.07) is 0. The molecule has 1 fully saturated rings. The lowest BCUT2D eigenvalue weighted by Gasteiger charge is -2.24. The van der Waals surface area contributed by atoms with E-state index in [2.05, 4.69) is 31.1 Å². The molecule has 0 bridgehead atoms. The first-order valence-corrected chi connectivity index (χ1v) is 15.3. The standard InChI is InChI=1S/C28H62N6O4/c1-29-9-7-13-31-11-3-5-15-33-17-21-35-22-18-34(16-6-4-12-32-14-8-10-30-2)20-24-37-26-28-38-27-25-36-23-19-33/h29-32H,3-28H2,1-2H3. The quantitative estimate of drug-likeness (QED) is 0.184. The fraction of sp³-hybridized carbons (Fsp3) is 1.00. The van der Waals surface area contributed by atoms with E-state index in [-0.39, 0.29) is 0 Å². The maximum Gasteiger partial charge on any atom is 0.0701 e. The summed E-state index contributed by atoms with van der Waals surface area (Å²) in [5.41, 5.74) is 0. The van der Waals surface area contributed by atoms with E-state index in [4.69, 9.17) is 18.9 Å². The molecule has 0 amide bonds. The topological polar surface area (TPSA) is 91.5 Å². The van der Waals surface area contributed by atoms with E-state index >= 15 is 0 Å². The lowest BCUT2D eigenvalue weighted by molar-refractivity contribution is 0.000763. The van der Waals surface area contributed by atoms with Gasteiger partial charge < -0.3 is 40.2 Å². The molecule has 228 valence electrons. The van der Waals surface area contributed by atoms with Crippen LogP contribution in [0.5, 0.6) is 0 Å². The van der Waals surface area contributed by atoms with E-state index in [0.29, 0.717) is 26.4 Å². The highest BCUT2D eigenvalue weighted by Crippen LogP contribution is 1.99. The van der Waals surface area contributed by atoms with Crippen LogP contribution >= 0.6 is 0 Å². The van der Waals surface area contributed by atoms with Crippen LogP contribution in [0.4, 0.5) is 0 Å². The van der Waals surface area contributed by atoms with Gasteiger partial charge in [0.15, 0.2) is 0 Å². The number of nitrogens with one attached hydrogen (secondary N) is 4. The predicted molar refractivity (Wildman–Crippen MR) is 157 cm³/mol. The van der Waals surface area contributed by atoms with Crippen molar-refractivity contribution in [2.45, 2.75) is 38.5 Å². The fourth-order valence-corrected chi connectivity index (χ4v) is 4.29. The number of unbranched alkanes of at least 4 members (excludes halogenated alkanes) is 2. The molecule has 0 atom stereocenters. The first kappa shape index (κ1) is 35.6. The SMILES string of the molecule is CNCCCNCCCCN1CCOCCOCCOCCN(CCCCNCCCNC)CCOCC1. The van der Waals surface area contributed by atoms with Crippen molar-refractivity contribution >= 4 is 0 Å². The second kappa shape index (κ2) is 29.6. The molecular weight excluding hydrogens is 484 g/mol. The minimum atomic E-state index is 0.626. The van der Waals surface area contributed by atoms with Gasteiger partial charge in [0.05, 0.1) is 52.9 Å². The van der Waals surface area contributed by atoms with E-state index in [9.17, 15) is 0 Å². The van der Waals surface area contributed by atoms with Crippen LogP contribution in [0.25, 0.3) is 0 Å². The summed E-state index contributed by atoms with van der Waals surface area (Å²) in [6.07, 6.45) is 7.16. The molecule has 0 unspecified atom stereocenters. The first-order chi connectivity index (χ1) is 18.9. The van der Waals surface area contributed by atoms with Gasteiger partial charge in [-0.1, -0.05) is 0 Å². The van der Waals surface area contributed by atoms with Crippen LogP contribution in [0.3, 0.4) is 0 Å². The van der Waals surface area contributed by atoms with Crippen molar-refractivity contribution in [1.29, 1.82) is 0 Å². The molecule has 1 heterocycles. The summed E-state index contributed by atoms with van der Waals surface area (Å²) in [5, 5.41) is 13.5. The smallest absolute Gasteiger partial charge is 0.0701 e. The second-order valence-corrected chi connectivity index (χ2v) is 9.96. The molecule has 4 N–H and O–H groups in total. The molecule has 0 aromatic rings. The van der Waals surface area contributed by atoms with Gasteiger partial charge in [0.2, 0.25) is 0 Å². The summed E-state index contributed by atoms with van der Waals surface area (Å²) < 4.78 is 23.4. The molecule has 1 rings (SSSR count). The van der Waals surface area contributed by atoms with Gasteiger partial charge in [-0.15, -0.1) is 0 Å². The van der Waals surface area contributed by atoms with Gasteiger partial charge in [-0.3, -0.25) is 9.80 Å². The number of nitrogens with zero attached hydrogens (tertiary/aromatic N) is 2. The Morgan fingerprint density at radius 2 is 0.763 bits per heavy atom. The third kappa shape index (κ3) is 24.6. The zero-order valence-electron chi connectivity index (χ0n) is 24.9. The fourth-order valence-electron chi connectivity index (χ4n) is 4.29. The first-order valence-electron chi connectivity index (χ1n) is 15.3. The normalized spacial score (nSPS) is 18.8. The summed E-state index contributed by atoms with van der Waals surface area (Å²) in [6.45, 7) is 18.0. The maximum atomic E-state index is 6.08. The number of rotatable bonds is 18. The molecule has 0 aromatic heterocycles. The summed E-state index contributed by atoms with van der Waals surface area (Å²) in [5.74, 6) is 0. The van der Waals surface area contributed by atoms with E-state index in [1.165, 1.54) is 38.5 Å². The Balaban J connectivity index is 2.30. The Hall–Kier alpha value is -0.400. The summed E-state index contributed by atoms with van der Waals surface area (Å²) in [7, 11) is 4.01. The molecule has 1 aliphatic heterocycles. The Bertz CT molecular complexity index is 429. The van der Waals surface area contributed by atoms with Crippen LogP contribution < -0.4 is 21.3 Å². The maximum absolute atomic E-state index is 6.08. The van der Waals surface area contributed by atoms with Crippen molar-refractivity contribution < 1.29 is 18.9 Å². The van der Waals surface area contributed by atoms with Crippen molar-refractivity contribution in [3.8, 4) is 0 Å². The van der Waals surface area contributed by atoms with Gasteiger partial charge in [0.1, 0.15) is 0 Å². The highest BCUT2D eigenvalue weighted by atomic mass is 16.5. The van der Waals surface area contributed by atoms with Crippen LogP contribution in [0.2, 0.25) is 0 Å². The average molecular weight is 547 g/mol. The van der Waals surface area contributed by atoms with Crippen LogP contribution in [-0.4, -0.2) is 155 Å². The Kier molecular flexibility index (Phi) is 27.7. The zero-order valence-corrected chi connectivity index (χ0v) is 24.9. The number of hydrogen-bond donors (Lipinski definition) is 4. The molecule has 38 heavy (non-hydrogen) atoms. The molecule has 10 nitrogen and oxygen atoms in total. The van der Waals surface area contributed by atoms with Crippen molar-refractivity contribution in [1.82, 2.24) is 31.1 Å². The molecule has 0 spiro atoms. The van der Waals surface area contributed by atoms with Gasteiger partial charge >= 0.3 is 0 Å². The molecular formula is C28H62N6O4. The van der Waals surface area contributed by atoms with Gasteiger partial charge in [0, 0.05) is 26.2 Å². The average Bonchev–Trinajstić information content (AvgIpc) is 2.92. The third-order valence-corrected chi connectivity index (χ3v) is 6.67. The second-order valence-electron chi connectivity index (χ2n) is 9.96. The van der Waals surface area contributed by atoms with Crippen molar-refractivity contribution in [3.05, 3.63) is 0 Å². The number of hydrogen-bond acceptors (Lipinski definition) is 10. The van der Waals surface area contributed by atoms with Crippen molar-refractivity contribution in [2.75, 3.05) is 145 Å². The van der Waals surface area contributed by atoms with Gasteiger partial charge in [-0.25, -0.2) is 0 Å². The molecule has 10 heteroatoms.